The van der Waals surface area contributed by atoms with Gasteiger partial charge in [0, 0.05) is 5.56 Å². The average Bonchev–Trinajstić information content (AvgIpc) is 2.59. The maximum absolute atomic E-state index is 12.3. The Hall–Kier alpha value is -1.29. The van der Waals surface area contributed by atoms with Crippen molar-refractivity contribution in [2.75, 3.05) is 0 Å². The van der Waals surface area contributed by atoms with Crippen LogP contribution in [0.2, 0.25) is 0 Å². The Labute approximate surface area is 117 Å². The Morgan fingerprint density at radius 2 is 1.89 bits per heavy atom. The standard InChI is InChI=1S/C11H17B4NO3/c1-5(16-10(12)13)9(17)6-2-3-7-8(4-6)19-11(14,15)18-7/h2-5,10,16H,12-15H2,1H3/t5-/m1/s1. The van der Waals surface area contributed by atoms with Crippen molar-refractivity contribution >= 4 is 37.2 Å². The molecule has 1 heterocycles. The predicted molar refractivity (Wildman–Crippen MR) is 85.3 cm³/mol. The van der Waals surface area contributed by atoms with Gasteiger partial charge < -0.3 is 14.8 Å². The number of Topliss-reactive ketones (excluding diaryl/α,β-unsaturated/α-hetero) is 1. The van der Waals surface area contributed by atoms with E-state index in [1.54, 1.807) is 18.2 Å². The number of hydrogen-bond donors (Lipinski definition) is 1. The molecular weight excluding hydrogens is 237 g/mol. The molecule has 0 saturated heterocycles. The number of nitrogens with one attached hydrogen (secondary N) is 1. The highest BCUT2D eigenvalue weighted by Gasteiger charge is 2.31. The summed E-state index contributed by atoms with van der Waals surface area (Å²) >= 11 is 0. The molecule has 1 aromatic carbocycles. The van der Waals surface area contributed by atoms with E-state index in [1.807, 2.05) is 38.3 Å². The fourth-order valence-corrected chi connectivity index (χ4v) is 2.20. The van der Waals surface area contributed by atoms with Crippen LogP contribution in [-0.2, 0) is 0 Å². The molecule has 2 rings (SSSR count). The molecular formula is C11H17B4NO3. The minimum absolute atomic E-state index is 0.0600. The number of fused-ring (bicyclic) bond motifs is 1. The second kappa shape index (κ2) is 5.00. The maximum atomic E-state index is 12.3. The fourth-order valence-electron chi connectivity index (χ4n) is 2.20. The van der Waals surface area contributed by atoms with E-state index in [-0.39, 0.29) is 17.7 Å². The van der Waals surface area contributed by atoms with Crippen LogP contribution in [0.4, 0.5) is 0 Å². The summed E-state index contributed by atoms with van der Waals surface area (Å²) in [5, 5.41) is 3.20. The minimum atomic E-state index is -0.661. The van der Waals surface area contributed by atoms with E-state index < -0.39 is 5.59 Å². The van der Waals surface area contributed by atoms with Gasteiger partial charge in [-0.25, -0.2) is 0 Å². The lowest BCUT2D eigenvalue weighted by atomic mass is 9.76. The second-order valence-electron chi connectivity index (χ2n) is 5.67. The van der Waals surface area contributed by atoms with Crippen molar-refractivity contribution in [3.8, 4) is 11.5 Å². The number of hydrogen-bond acceptors (Lipinski definition) is 4. The second-order valence-corrected chi connectivity index (χ2v) is 5.67. The first-order chi connectivity index (χ1) is 8.78. The van der Waals surface area contributed by atoms with Crippen molar-refractivity contribution in [1.82, 2.24) is 5.32 Å². The average molecular weight is 255 g/mol. The van der Waals surface area contributed by atoms with Gasteiger partial charge in [-0.2, -0.15) is 0 Å². The van der Waals surface area contributed by atoms with Crippen molar-refractivity contribution in [3.05, 3.63) is 23.8 Å². The smallest absolute Gasteiger partial charge is 0.197 e. The molecule has 0 spiro atoms. The highest BCUT2D eigenvalue weighted by Crippen LogP contribution is 2.37. The Kier molecular flexibility index (Phi) is 3.72. The third-order valence-corrected chi connectivity index (χ3v) is 2.92. The first kappa shape index (κ1) is 14.1. The van der Waals surface area contributed by atoms with E-state index in [0.717, 1.165) is 0 Å². The van der Waals surface area contributed by atoms with Gasteiger partial charge in [0.15, 0.2) is 38.6 Å². The van der Waals surface area contributed by atoms with Crippen LogP contribution in [0.5, 0.6) is 11.5 Å². The summed E-state index contributed by atoms with van der Waals surface area (Å²) in [6.45, 7) is 1.87. The number of carbonyl (C=O) groups excluding carboxylic acids is 1. The van der Waals surface area contributed by atoms with Crippen LogP contribution in [0, 0.1) is 0 Å². The molecule has 0 aromatic heterocycles. The molecule has 1 aliphatic rings. The van der Waals surface area contributed by atoms with Gasteiger partial charge in [-0.1, -0.05) is 5.84 Å². The molecule has 1 aliphatic heterocycles. The molecule has 8 heteroatoms. The zero-order valence-corrected chi connectivity index (χ0v) is 12.1. The molecule has 0 fully saturated rings. The number of ketones is 1. The largest absolute Gasteiger partial charge is 0.467 e. The Bertz CT molecular complexity index is 507. The summed E-state index contributed by atoms with van der Waals surface area (Å²) in [4.78, 5) is 12.3. The summed E-state index contributed by atoms with van der Waals surface area (Å²) in [5.41, 5.74) is -0.0214. The number of carbonyl (C=O) groups is 1. The lowest BCUT2D eigenvalue weighted by Gasteiger charge is -2.17. The van der Waals surface area contributed by atoms with Crippen LogP contribution < -0.4 is 14.8 Å². The summed E-state index contributed by atoms with van der Waals surface area (Å²) in [6, 6.07) is 5.11. The van der Waals surface area contributed by atoms with Gasteiger partial charge in [0.25, 0.3) is 0 Å². The van der Waals surface area contributed by atoms with Gasteiger partial charge in [-0.15, -0.1) is 0 Å². The van der Waals surface area contributed by atoms with Crippen LogP contribution in [-0.4, -0.2) is 54.6 Å². The lowest BCUT2D eigenvalue weighted by molar-refractivity contribution is 0.0831. The summed E-state index contributed by atoms with van der Waals surface area (Å²) < 4.78 is 11.3. The van der Waals surface area contributed by atoms with Gasteiger partial charge in [0.1, 0.15) is 15.7 Å². The number of ether oxygens (including phenoxy) is 2. The van der Waals surface area contributed by atoms with E-state index in [1.165, 1.54) is 0 Å². The molecule has 0 saturated carbocycles. The first-order valence-electron chi connectivity index (χ1n) is 6.61. The Morgan fingerprint density at radius 3 is 2.53 bits per heavy atom. The van der Waals surface area contributed by atoms with Crippen molar-refractivity contribution in [2.45, 2.75) is 24.4 Å². The predicted octanol–water partition coefficient (Wildman–Crippen LogP) is -2.95. The van der Waals surface area contributed by atoms with Gasteiger partial charge in [-0.3, -0.25) is 4.79 Å². The van der Waals surface area contributed by atoms with Gasteiger partial charge >= 0.3 is 0 Å². The maximum Gasteiger partial charge on any atom is 0.197 e. The van der Waals surface area contributed by atoms with Crippen molar-refractivity contribution in [3.63, 3.8) is 0 Å². The SMILES string of the molecule is BC(B)N[C@H](C)C(=O)c1ccc2c(c1)OC(B)(B)O2. The monoisotopic (exact) mass is 255 g/mol. The Morgan fingerprint density at radius 1 is 1.26 bits per heavy atom. The molecule has 1 N–H and O–H groups in total. The van der Waals surface area contributed by atoms with Crippen molar-refractivity contribution in [1.29, 1.82) is 0 Å². The molecule has 0 radical (unpaired) electrons. The van der Waals surface area contributed by atoms with Crippen molar-refractivity contribution < 1.29 is 14.3 Å². The lowest BCUT2D eigenvalue weighted by Crippen LogP contribution is -2.42. The molecule has 0 unspecified atom stereocenters. The third kappa shape index (κ3) is 3.18. The molecule has 1 aromatic rings. The molecule has 0 bridgehead atoms. The highest BCUT2D eigenvalue weighted by atomic mass is 16.7. The van der Waals surface area contributed by atoms with Gasteiger partial charge in [0.05, 0.1) is 6.04 Å². The van der Waals surface area contributed by atoms with Crippen LogP contribution in [0.1, 0.15) is 17.3 Å². The first-order valence-corrected chi connectivity index (χ1v) is 6.61. The molecule has 19 heavy (non-hydrogen) atoms. The summed E-state index contributed by atoms with van der Waals surface area (Å²) in [6.07, 6.45) is 0. The van der Waals surface area contributed by atoms with Crippen LogP contribution >= 0.6 is 0 Å². The molecule has 4 nitrogen and oxygen atoms in total. The van der Waals surface area contributed by atoms with E-state index in [4.69, 9.17) is 9.47 Å². The van der Waals surface area contributed by atoms with Crippen LogP contribution in [0.15, 0.2) is 18.2 Å². The summed E-state index contributed by atoms with van der Waals surface area (Å²) in [7, 11) is 7.73. The zero-order valence-electron chi connectivity index (χ0n) is 12.1. The summed E-state index contributed by atoms with van der Waals surface area (Å²) in [5.74, 6) is 1.65. The molecule has 0 aliphatic carbocycles. The fraction of sp³-hybridized carbons (Fsp3) is 0.364. The molecule has 0 amide bonds. The van der Waals surface area contributed by atoms with E-state index in [2.05, 4.69) is 5.32 Å². The number of benzene rings is 1. The normalized spacial score (nSPS) is 17.4. The van der Waals surface area contributed by atoms with Crippen molar-refractivity contribution in [2.24, 2.45) is 0 Å². The van der Waals surface area contributed by atoms with Gasteiger partial charge in [-0.05, 0) is 25.1 Å². The van der Waals surface area contributed by atoms with Gasteiger partial charge in [0.2, 0.25) is 0 Å². The van der Waals surface area contributed by atoms with E-state index in [9.17, 15) is 4.79 Å². The topological polar surface area (TPSA) is 47.6 Å². The quantitative estimate of drug-likeness (QED) is 0.461. The molecule has 96 valence electrons. The van der Waals surface area contributed by atoms with E-state index in [0.29, 0.717) is 17.1 Å². The van der Waals surface area contributed by atoms with Crippen LogP contribution in [0.3, 0.4) is 0 Å². The highest BCUT2D eigenvalue weighted by molar-refractivity contribution is 6.38. The Balaban J connectivity index is 2.18. The molecule has 1 atom stereocenters. The third-order valence-electron chi connectivity index (χ3n) is 2.92. The minimum Gasteiger partial charge on any atom is -0.467 e. The number of rotatable bonds is 4. The zero-order chi connectivity index (χ0) is 14.2. The van der Waals surface area contributed by atoms with Crippen LogP contribution in [0.25, 0.3) is 0 Å². The van der Waals surface area contributed by atoms with E-state index >= 15 is 0 Å².